The van der Waals surface area contributed by atoms with E-state index in [-0.39, 0.29) is 12.0 Å². The Bertz CT molecular complexity index is 656. The maximum atomic E-state index is 12.0. The number of carbonyl (C=O) groups excluding carboxylic acids is 1. The molecule has 1 aliphatic rings. The number of nitrogens with one attached hydrogen (secondary N) is 1. The Hall–Kier alpha value is -1.50. The zero-order valence-corrected chi connectivity index (χ0v) is 13.5. The monoisotopic (exact) mass is 337 g/mol. The van der Waals surface area contributed by atoms with Crippen LogP contribution >= 0.6 is 22.9 Å². The van der Waals surface area contributed by atoms with E-state index in [2.05, 4.69) is 15.5 Å². The summed E-state index contributed by atoms with van der Waals surface area (Å²) < 4.78 is 5.56. The largest absolute Gasteiger partial charge is 0.371 e. The molecule has 1 saturated heterocycles. The first-order valence-corrected chi connectivity index (χ1v) is 8.39. The maximum Gasteiger partial charge on any atom is 0.226 e. The van der Waals surface area contributed by atoms with E-state index in [1.165, 1.54) is 11.3 Å². The molecule has 2 heterocycles. The fourth-order valence-electron chi connectivity index (χ4n) is 2.32. The lowest BCUT2D eigenvalue weighted by Gasteiger charge is -2.03. The molecular weight excluding hydrogens is 322 g/mol. The Labute approximate surface area is 137 Å². The molecule has 5 nitrogen and oxygen atoms in total. The number of anilines is 1. The second-order valence-corrected chi connectivity index (χ2v) is 6.57. The molecule has 1 atom stereocenters. The van der Waals surface area contributed by atoms with Crippen molar-refractivity contribution in [3.05, 3.63) is 39.9 Å². The molecule has 1 aromatic heterocycles. The molecule has 22 heavy (non-hydrogen) atoms. The summed E-state index contributed by atoms with van der Waals surface area (Å²) in [6.07, 6.45) is 3.08. The number of benzene rings is 1. The van der Waals surface area contributed by atoms with Gasteiger partial charge >= 0.3 is 0 Å². The van der Waals surface area contributed by atoms with Crippen LogP contribution in [0.15, 0.2) is 24.3 Å². The first kappa shape index (κ1) is 15.4. The van der Waals surface area contributed by atoms with Crippen LogP contribution in [0, 0.1) is 0 Å². The van der Waals surface area contributed by atoms with Crippen LogP contribution in [0.5, 0.6) is 0 Å². The van der Waals surface area contributed by atoms with Crippen molar-refractivity contribution in [1.29, 1.82) is 0 Å². The molecule has 3 rings (SSSR count). The average molecular weight is 338 g/mol. The van der Waals surface area contributed by atoms with Crippen LogP contribution in [0.3, 0.4) is 0 Å². The summed E-state index contributed by atoms with van der Waals surface area (Å²) >= 11 is 7.31. The molecule has 7 heteroatoms. The number of rotatable bonds is 5. The molecule has 1 N–H and O–H groups in total. The minimum atomic E-state index is -0.0741. The lowest BCUT2D eigenvalue weighted by atomic mass is 10.1. The highest BCUT2D eigenvalue weighted by atomic mass is 35.5. The Balaban J connectivity index is 1.51. The number of aryl methyl sites for hydroxylation is 1. The van der Waals surface area contributed by atoms with Crippen molar-refractivity contribution in [2.24, 2.45) is 0 Å². The maximum absolute atomic E-state index is 12.0. The second kappa shape index (κ2) is 7.17. The number of nitrogens with zero attached hydrogens (tertiary/aromatic N) is 2. The first-order valence-electron chi connectivity index (χ1n) is 7.20. The Kier molecular flexibility index (Phi) is 5.02. The number of hydrogen-bond donors (Lipinski definition) is 1. The molecule has 1 aliphatic heterocycles. The first-order chi connectivity index (χ1) is 10.7. The number of ether oxygens (including phenoxy) is 1. The van der Waals surface area contributed by atoms with Crippen LogP contribution in [0.1, 0.15) is 35.9 Å². The van der Waals surface area contributed by atoms with Crippen molar-refractivity contribution < 1.29 is 9.53 Å². The second-order valence-electron chi connectivity index (χ2n) is 5.13. The summed E-state index contributed by atoms with van der Waals surface area (Å²) in [5, 5.41) is 12.9. The van der Waals surface area contributed by atoms with E-state index >= 15 is 0 Å². The fourth-order valence-corrected chi connectivity index (χ4v) is 3.38. The van der Waals surface area contributed by atoms with E-state index in [9.17, 15) is 4.79 Å². The van der Waals surface area contributed by atoms with Gasteiger partial charge < -0.3 is 10.1 Å². The lowest BCUT2D eigenvalue weighted by molar-refractivity contribution is -0.116. The van der Waals surface area contributed by atoms with Gasteiger partial charge in [0, 0.05) is 18.1 Å². The van der Waals surface area contributed by atoms with Crippen molar-refractivity contribution in [3.8, 4) is 0 Å². The topological polar surface area (TPSA) is 64.1 Å². The molecular formula is C15H16ClN3O2S. The summed E-state index contributed by atoms with van der Waals surface area (Å²) in [7, 11) is 0. The van der Waals surface area contributed by atoms with Crippen LogP contribution in [0.4, 0.5) is 5.13 Å². The molecule has 0 radical (unpaired) electrons. The number of hydrogen-bond acceptors (Lipinski definition) is 5. The highest BCUT2D eigenvalue weighted by molar-refractivity contribution is 7.15. The zero-order chi connectivity index (χ0) is 15.4. The third kappa shape index (κ3) is 4.03. The van der Waals surface area contributed by atoms with E-state index in [0.717, 1.165) is 30.0 Å². The molecule has 0 spiro atoms. The highest BCUT2D eigenvalue weighted by Gasteiger charge is 2.22. The minimum absolute atomic E-state index is 0.0367. The van der Waals surface area contributed by atoms with Crippen LogP contribution in [0.2, 0.25) is 5.02 Å². The van der Waals surface area contributed by atoms with Gasteiger partial charge in [-0.3, -0.25) is 4.79 Å². The summed E-state index contributed by atoms with van der Waals surface area (Å²) in [4.78, 5) is 12.0. The molecule has 0 saturated carbocycles. The molecule has 2 aromatic rings. The van der Waals surface area contributed by atoms with Gasteiger partial charge in [0.2, 0.25) is 11.0 Å². The average Bonchev–Trinajstić information content (AvgIpc) is 3.16. The third-order valence-corrected chi connectivity index (χ3v) is 4.59. The van der Waals surface area contributed by atoms with Crippen LogP contribution in [-0.4, -0.2) is 22.7 Å². The van der Waals surface area contributed by atoms with E-state index < -0.39 is 0 Å². The van der Waals surface area contributed by atoms with Crippen molar-refractivity contribution in [3.63, 3.8) is 0 Å². The smallest absolute Gasteiger partial charge is 0.226 e. The number of amides is 1. The molecule has 0 bridgehead atoms. The molecule has 1 unspecified atom stereocenters. The lowest BCUT2D eigenvalue weighted by Crippen LogP contribution is -2.12. The van der Waals surface area contributed by atoms with Gasteiger partial charge in [-0.2, -0.15) is 0 Å². The molecule has 116 valence electrons. The van der Waals surface area contributed by atoms with Gasteiger partial charge in [-0.05, 0) is 37.0 Å². The fraction of sp³-hybridized carbons (Fsp3) is 0.400. The van der Waals surface area contributed by atoms with Gasteiger partial charge in [0.05, 0.1) is 0 Å². The molecule has 1 aromatic carbocycles. The summed E-state index contributed by atoms with van der Waals surface area (Å²) in [5.74, 6) is -0.0741. The number of halogens is 1. The quantitative estimate of drug-likeness (QED) is 0.905. The van der Waals surface area contributed by atoms with E-state index in [1.807, 2.05) is 24.3 Å². The SMILES string of the molecule is O=C(CCc1cccc(Cl)c1)Nc1nnc(C2CCCO2)s1. The third-order valence-electron chi connectivity index (χ3n) is 3.42. The van der Waals surface area contributed by atoms with Gasteiger partial charge in [0.25, 0.3) is 0 Å². The molecule has 1 fully saturated rings. The van der Waals surface area contributed by atoms with Gasteiger partial charge in [0.1, 0.15) is 11.1 Å². The summed E-state index contributed by atoms with van der Waals surface area (Å²) in [6, 6.07) is 7.53. The molecule has 0 aliphatic carbocycles. The van der Waals surface area contributed by atoms with E-state index in [1.54, 1.807) is 0 Å². The van der Waals surface area contributed by atoms with Crippen molar-refractivity contribution in [2.45, 2.75) is 31.8 Å². The Morgan fingerprint density at radius 1 is 1.45 bits per heavy atom. The Morgan fingerprint density at radius 3 is 3.14 bits per heavy atom. The van der Waals surface area contributed by atoms with Crippen molar-refractivity contribution >= 4 is 34.0 Å². The van der Waals surface area contributed by atoms with Gasteiger partial charge in [-0.1, -0.05) is 35.1 Å². The number of aromatic nitrogens is 2. The zero-order valence-electron chi connectivity index (χ0n) is 11.9. The highest BCUT2D eigenvalue weighted by Crippen LogP contribution is 2.31. The van der Waals surface area contributed by atoms with Crippen molar-refractivity contribution in [2.75, 3.05) is 11.9 Å². The van der Waals surface area contributed by atoms with Gasteiger partial charge in [-0.25, -0.2) is 0 Å². The van der Waals surface area contributed by atoms with Crippen LogP contribution in [0.25, 0.3) is 0 Å². The number of carbonyl (C=O) groups is 1. The molecule has 1 amide bonds. The normalized spacial score (nSPS) is 17.6. The van der Waals surface area contributed by atoms with Crippen LogP contribution < -0.4 is 5.32 Å². The predicted molar refractivity (Wildman–Crippen MR) is 86.2 cm³/mol. The summed E-state index contributed by atoms with van der Waals surface area (Å²) in [5.41, 5.74) is 1.04. The van der Waals surface area contributed by atoms with E-state index in [4.69, 9.17) is 16.3 Å². The predicted octanol–water partition coefficient (Wildman–Crippen LogP) is 3.61. The Morgan fingerprint density at radius 2 is 2.36 bits per heavy atom. The summed E-state index contributed by atoms with van der Waals surface area (Å²) in [6.45, 7) is 0.769. The van der Waals surface area contributed by atoms with Crippen LogP contribution in [-0.2, 0) is 16.0 Å². The van der Waals surface area contributed by atoms with Crippen molar-refractivity contribution in [1.82, 2.24) is 10.2 Å². The van der Waals surface area contributed by atoms with Gasteiger partial charge in [-0.15, -0.1) is 10.2 Å². The van der Waals surface area contributed by atoms with E-state index in [0.29, 0.717) is 23.0 Å². The standard InChI is InChI=1S/C15H16ClN3O2S/c16-11-4-1-3-10(9-11)6-7-13(20)17-15-19-18-14(22-15)12-5-2-8-21-12/h1,3-4,9,12H,2,5-8H2,(H,17,19,20). The minimum Gasteiger partial charge on any atom is -0.371 e. The van der Waals surface area contributed by atoms with Gasteiger partial charge in [0.15, 0.2) is 0 Å².